The fourth-order valence-corrected chi connectivity index (χ4v) is 7.65. The highest BCUT2D eigenvalue weighted by Gasteiger charge is 2.72. The molecule has 0 aliphatic heterocycles. The van der Waals surface area contributed by atoms with E-state index in [0.29, 0.717) is 6.42 Å². The Labute approximate surface area is 163 Å². The molecule has 148 valence electrons. The van der Waals surface area contributed by atoms with Crippen LogP contribution in [-0.2, 0) is 9.59 Å². The number of hydrogen-bond acceptors (Lipinski definition) is 3. The highest BCUT2D eigenvalue weighted by molar-refractivity contribution is 7.96. The maximum absolute atomic E-state index is 16.8. The number of carbonyl (C=O) groups is 2. The molecule has 0 saturated heterocycles. The summed E-state index contributed by atoms with van der Waals surface area (Å²) < 4.78 is 31.9. The van der Waals surface area contributed by atoms with Gasteiger partial charge < -0.3 is 5.11 Å². The zero-order valence-corrected chi connectivity index (χ0v) is 16.7. The van der Waals surface area contributed by atoms with Crippen molar-refractivity contribution in [3.8, 4) is 0 Å². The summed E-state index contributed by atoms with van der Waals surface area (Å²) in [6.45, 7) is 5.46. The quantitative estimate of drug-likeness (QED) is 0.666. The van der Waals surface area contributed by atoms with Crippen molar-refractivity contribution in [2.24, 2.45) is 34.5 Å². The number of alkyl halides is 2. The molecule has 0 heterocycles. The van der Waals surface area contributed by atoms with Gasteiger partial charge in [-0.25, -0.2) is 8.78 Å². The van der Waals surface area contributed by atoms with Crippen LogP contribution >= 0.6 is 12.6 Å². The SMILES string of the molecule is CC1CC2C3C[C@H](F)C4=CC(=O)C=CC4(C)[C@@]3(F)C(O)CC2(C)C1C(=O)S. The van der Waals surface area contributed by atoms with E-state index in [9.17, 15) is 14.7 Å². The van der Waals surface area contributed by atoms with Crippen LogP contribution in [0.4, 0.5) is 8.78 Å². The van der Waals surface area contributed by atoms with Gasteiger partial charge in [-0.05, 0) is 61.2 Å². The molecule has 27 heavy (non-hydrogen) atoms. The van der Waals surface area contributed by atoms with Crippen LogP contribution in [0.15, 0.2) is 23.8 Å². The van der Waals surface area contributed by atoms with Gasteiger partial charge in [-0.15, -0.1) is 12.6 Å². The van der Waals surface area contributed by atoms with Crippen LogP contribution in [0.25, 0.3) is 0 Å². The minimum atomic E-state index is -2.07. The van der Waals surface area contributed by atoms with Gasteiger partial charge in [0.2, 0.25) is 0 Å². The average Bonchev–Trinajstić information content (AvgIpc) is 2.82. The third-order valence-corrected chi connectivity index (χ3v) is 8.51. The van der Waals surface area contributed by atoms with E-state index in [1.165, 1.54) is 18.2 Å². The molecule has 3 saturated carbocycles. The number of fused-ring (bicyclic) bond motifs is 5. The standard InChI is InChI=1S/C21H26F2O3S/c1-10-6-12-13-8-15(22)14-7-11(24)4-5-20(14,3)21(13,23)16(25)9-19(12,2)17(10)18(26)27/h4-5,7,10,12-13,15-17,25H,6,8-9H2,1-3H3,(H,26,27)/t10?,12?,13?,15-,16?,17?,19?,20?,21-/m0/s1. The van der Waals surface area contributed by atoms with Gasteiger partial charge in [0.25, 0.3) is 0 Å². The first kappa shape index (κ1) is 19.3. The van der Waals surface area contributed by atoms with E-state index in [1.807, 2.05) is 13.8 Å². The summed E-state index contributed by atoms with van der Waals surface area (Å²) in [6, 6.07) is 0. The molecular weight excluding hydrogens is 370 g/mol. The van der Waals surface area contributed by atoms with Crippen molar-refractivity contribution in [2.45, 2.75) is 58.0 Å². The van der Waals surface area contributed by atoms with Gasteiger partial charge in [-0.3, -0.25) is 9.59 Å². The third kappa shape index (κ3) is 2.23. The van der Waals surface area contributed by atoms with Crippen molar-refractivity contribution >= 4 is 23.5 Å². The van der Waals surface area contributed by atoms with Gasteiger partial charge in [0.05, 0.1) is 6.10 Å². The van der Waals surface area contributed by atoms with Gasteiger partial charge in [0, 0.05) is 17.3 Å². The Morgan fingerprint density at radius 1 is 1.30 bits per heavy atom. The summed E-state index contributed by atoms with van der Waals surface area (Å²) in [4.78, 5) is 24.0. The Kier molecular flexibility index (Phi) is 4.12. The molecule has 0 spiro atoms. The number of hydrogen-bond donors (Lipinski definition) is 2. The van der Waals surface area contributed by atoms with Crippen LogP contribution < -0.4 is 0 Å². The monoisotopic (exact) mass is 396 g/mol. The van der Waals surface area contributed by atoms with Crippen LogP contribution in [-0.4, -0.2) is 33.9 Å². The minimum absolute atomic E-state index is 0.00540. The third-order valence-electron chi connectivity index (χ3n) is 8.23. The van der Waals surface area contributed by atoms with Crippen molar-refractivity contribution in [2.75, 3.05) is 0 Å². The molecule has 0 amide bonds. The number of halogens is 2. The Morgan fingerprint density at radius 3 is 2.59 bits per heavy atom. The van der Waals surface area contributed by atoms with E-state index in [-0.39, 0.29) is 47.1 Å². The van der Waals surface area contributed by atoms with Crippen LogP contribution in [0.5, 0.6) is 0 Å². The second-order valence-electron chi connectivity index (χ2n) is 9.48. The molecule has 0 aromatic rings. The van der Waals surface area contributed by atoms with Gasteiger partial charge in [-0.2, -0.15) is 0 Å². The van der Waals surface area contributed by atoms with Crippen LogP contribution in [0.3, 0.4) is 0 Å². The summed E-state index contributed by atoms with van der Waals surface area (Å²) in [5, 5.41) is 10.8. The Morgan fingerprint density at radius 2 is 1.96 bits per heavy atom. The predicted molar refractivity (Wildman–Crippen MR) is 101 cm³/mol. The first-order valence-electron chi connectivity index (χ1n) is 9.66. The van der Waals surface area contributed by atoms with Crippen molar-refractivity contribution in [1.29, 1.82) is 0 Å². The second kappa shape index (κ2) is 5.76. The van der Waals surface area contributed by atoms with Gasteiger partial charge in [0.1, 0.15) is 6.17 Å². The van der Waals surface area contributed by atoms with E-state index in [0.717, 1.165) is 0 Å². The topological polar surface area (TPSA) is 54.4 Å². The zero-order valence-electron chi connectivity index (χ0n) is 15.8. The van der Waals surface area contributed by atoms with E-state index in [1.54, 1.807) is 6.92 Å². The fourth-order valence-electron chi connectivity index (χ4n) is 7.10. The summed E-state index contributed by atoms with van der Waals surface area (Å²) in [6.07, 6.45) is 1.80. The first-order valence-corrected chi connectivity index (χ1v) is 10.1. The van der Waals surface area contributed by atoms with Crippen LogP contribution in [0.2, 0.25) is 0 Å². The molecule has 0 bridgehead atoms. The summed E-state index contributed by atoms with van der Waals surface area (Å²) in [5.74, 6) is -1.66. The molecule has 4 aliphatic rings. The van der Waals surface area contributed by atoms with Crippen molar-refractivity contribution < 1.29 is 23.5 Å². The lowest BCUT2D eigenvalue weighted by molar-refractivity contribution is -0.201. The Hall–Kier alpha value is -1.01. The molecule has 0 aromatic carbocycles. The van der Waals surface area contributed by atoms with E-state index >= 15 is 8.78 Å². The molecule has 4 rings (SSSR count). The molecule has 3 nitrogen and oxygen atoms in total. The number of carbonyl (C=O) groups excluding carboxylic acids is 2. The van der Waals surface area contributed by atoms with Gasteiger partial charge in [-0.1, -0.05) is 19.9 Å². The normalized spacial score (nSPS) is 54.0. The summed E-state index contributed by atoms with van der Waals surface area (Å²) >= 11 is 4.06. The lowest BCUT2D eigenvalue weighted by Crippen LogP contribution is -2.68. The lowest BCUT2D eigenvalue weighted by Gasteiger charge is -2.62. The fraction of sp³-hybridized carbons (Fsp3) is 0.714. The largest absolute Gasteiger partial charge is 0.390 e. The van der Waals surface area contributed by atoms with Gasteiger partial charge >= 0.3 is 0 Å². The Bertz CT molecular complexity index is 779. The van der Waals surface area contributed by atoms with Crippen molar-refractivity contribution in [3.63, 3.8) is 0 Å². The maximum atomic E-state index is 16.8. The second-order valence-corrected chi connectivity index (χ2v) is 9.92. The first-order chi connectivity index (χ1) is 12.5. The molecule has 4 aliphatic carbocycles. The number of allylic oxidation sites excluding steroid dienone is 4. The highest BCUT2D eigenvalue weighted by atomic mass is 32.1. The van der Waals surface area contributed by atoms with Crippen LogP contribution in [0.1, 0.15) is 40.0 Å². The highest BCUT2D eigenvalue weighted by Crippen LogP contribution is 2.70. The number of aliphatic hydroxyl groups is 1. The molecule has 7 unspecified atom stereocenters. The van der Waals surface area contributed by atoms with Crippen LogP contribution in [0, 0.1) is 34.5 Å². The minimum Gasteiger partial charge on any atom is -0.390 e. The Balaban J connectivity index is 1.86. The van der Waals surface area contributed by atoms with Gasteiger partial charge in [0.15, 0.2) is 16.6 Å². The average molecular weight is 396 g/mol. The lowest BCUT2D eigenvalue weighted by atomic mass is 9.45. The maximum Gasteiger partial charge on any atom is 0.189 e. The van der Waals surface area contributed by atoms with E-state index in [2.05, 4.69) is 12.6 Å². The molecule has 0 aromatic heterocycles. The zero-order chi connectivity index (χ0) is 19.9. The van der Waals surface area contributed by atoms with Crippen molar-refractivity contribution in [3.05, 3.63) is 23.8 Å². The smallest absolute Gasteiger partial charge is 0.189 e. The summed E-state index contributed by atoms with van der Waals surface area (Å²) in [7, 11) is 0. The number of thiol groups is 1. The predicted octanol–water partition coefficient (Wildman–Crippen LogP) is 3.62. The van der Waals surface area contributed by atoms with E-state index in [4.69, 9.17) is 0 Å². The molecule has 6 heteroatoms. The molecule has 0 radical (unpaired) electrons. The molecule has 9 atom stereocenters. The molecular formula is C21H26F2O3S. The molecule has 1 N–H and O–H groups in total. The molecule has 3 fully saturated rings. The number of aliphatic hydroxyl groups excluding tert-OH is 1. The van der Waals surface area contributed by atoms with E-state index < -0.39 is 34.7 Å². The number of rotatable bonds is 1. The number of ketones is 1. The summed E-state index contributed by atoms with van der Waals surface area (Å²) in [5.41, 5.74) is -3.92. The van der Waals surface area contributed by atoms with Crippen molar-refractivity contribution in [1.82, 2.24) is 0 Å².